The van der Waals surface area contributed by atoms with Crippen molar-refractivity contribution in [2.75, 3.05) is 0 Å². The predicted octanol–water partition coefficient (Wildman–Crippen LogP) is 3.28. The summed E-state index contributed by atoms with van der Waals surface area (Å²) in [6, 6.07) is 10.6. The van der Waals surface area contributed by atoms with E-state index in [1.165, 1.54) is 24.3 Å². The van der Waals surface area contributed by atoms with Crippen LogP contribution < -0.4 is 5.73 Å². The quantitative estimate of drug-likeness (QED) is 0.687. The third-order valence-corrected chi connectivity index (χ3v) is 3.07. The molecule has 0 fully saturated rings. The Morgan fingerprint density at radius 2 is 2.05 bits per heavy atom. The van der Waals surface area contributed by atoms with Crippen LogP contribution in [0.2, 0.25) is 0 Å². The van der Waals surface area contributed by atoms with E-state index >= 15 is 0 Å². The van der Waals surface area contributed by atoms with Crippen LogP contribution in [0.3, 0.4) is 0 Å². The second-order valence-electron chi connectivity index (χ2n) is 4.80. The monoisotopic (exact) mass is 274 g/mol. The number of hydrogen-bond acceptors (Lipinski definition) is 3. The Hall–Kier alpha value is -2.27. The van der Waals surface area contributed by atoms with Gasteiger partial charge in [0, 0.05) is 18.2 Å². The van der Waals surface area contributed by atoms with Crippen LogP contribution in [0.15, 0.2) is 42.5 Å². The summed E-state index contributed by atoms with van der Waals surface area (Å²) in [5.74, 6) is -0.315. The van der Waals surface area contributed by atoms with Crippen molar-refractivity contribution in [1.29, 1.82) is 0 Å². The molecule has 0 radical (unpaired) electrons. The molecule has 0 aliphatic rings. The number of aryl methyl sites for hydroxylation is 1. The first-order valence-corrected chi connectivity index (χ1v) is 6.21. The Labute approximate surface area is 116 Å². The molecular formula is C15H15FN2O2. The molecule has 0 aliphatic heterocycles. The minimum absolute atomic E-state index is 0.0229. The van der Waals surface area contributed by atoms with Crippen molar-refractivity contribution < 1.29 is 9.31 Å². The van der Waals surface area contributed by atoms with E-state index in [9.17, 15) is 14.5 Å². The second kappa shape index (κ2) is 5.79. The lowest BCUT2D eigenvalue weighted by atomic mass is 9.98. The molecule has 0 bridgehead atoms. The zero-order chi connectivity index (χ0) is 14.7. The molecule has 1 atom stereocenters. The lowest BCUT2D eigenvalue weighted by molar-refractivity contribution is -0.385. The molecule has 20 heavy (non-hydrogen) atoms. The second-order valence-corrected chi connectivity index (χ2v) is 4.80. The highest BCUT2D eigenvalue weighted by Crippen LogP contribution is 2.23. The fraction of sp³-hybridized carbons (Fsp3) is 0.200. The van der Waals surface area contributed by atoms with E-state index in [-0.39, 0.29) is 11.5 Å². The van der Waals surface area contributed by atoms with Crippen molar-refractivity contribution >= 4 is 5.69 Å². The summed E-state index contributed by atoms with van der Waals surface area (Å²) in [7, 11) is 0. The van der Waals surface area contributed by atoms with Crippen molar-refractivity contribution in [2.24, 2.45) is 5.73 Å². The minimum atomic E-state index is -0.439. The van der Waals surface area contributed by atoms with Crippen molar-refractivity contribution in [2.45, 2.75) is 19.4 Å². The maximum absolute atomic E-state index is 13.1. The van der Waals surface area contributed by atoms with Gasteiger partial charge in [-0.3, -0.25) is 10.1 Å². The van der Waals surface area contributed by atoms with E-state index in [0.29, 0.717) is 12.0 Å². The van der Waals surface area contributed by atoms with Crippen LogP contribution in [0, 0.1) is 22.9 Å². The number of non-ortho nitro benzene ring substituents is 1. The van der Waals surface area contributed by atoms with Gasteiger partial charge in [-0.05, 0) is 42.2 Å². The molecule has 0 saturated carbocycles. The van der Waals surface area contributed by atoms with Crippen LogP contribution in [-0.2, 0) is 6.42 Å². The van der Waals surface area contributed by atoms with E-state index < -0.39 is 11.0 Å². The van der Waals surface area contributed by atoms with E-state index in [2.05, 4.69) is 0 Å². The number of nitro groups is 1. The Morgan fingerprint density at radius 3 is 2.70 bits per heavy atom. The molecule has 2 N–H and O–H groups in total. The Morgan fingerprint density at radius 1 is 1.30 bits per heavy atom. The van der Waals surface area contributed by atoms with Crippen LogP contribution in [0.25, 0.3) is 0 Å². The fourth-order valence-electron chi connectivity index (χ4n) is 2.15. The topological polar surface area (TPSA) is 69.2 Å². The summed E-state index contributed by atoms with van der Waals surface area (Å²) in [4.78, 5) is 10.4. The first-order chi connectivity index (χ1) is 9.45. The number of halogens is 1. The van der Waals surface area contributed by atoms with Gasteiger partial charge in [0.15, 0.2) is 0 Å². The number of rotatable bonds is 4. The molecular weight excluding hydrogens is 259 g/mol. The average molecular weight is 274 g/mol. The summed E-state index contributed by atoms with van der Waals surface area (Å²) in [6.45, 7) is 1.78. The van der Waals surface area contributed by atoms with Crippen LogP contribution in [0.5, 0.6) is 0 Å². The van der Waals surface area contributed by atoms with E-state index in [4.69, 9.17) is 5.73 Å². The van der Waals surface area contributed by atoms with Gasteiger partial charge in [0.05, 0.1) is 4.92 Å². The predicted molar refractivity (Wildman–Crippen MR) is 74.9 cm³/mol. The fourth-order valence-corrected chi connectivity index (χ4v) is 2.15. The molecule has 104 valence electrons. The lowest BCUT2D eigenvalue weighted by Crippen LogP contribution is -2.14. The van der Waals surface area contributed by atoms with E-state index in [0.717, 1.165) is 11.1 Å². The molecule has 0 saturated heterocycles. The zero-order valence-electron chi connectivity index (χ0n) is 11.0. The van der Waals surface area contributed by atoms with Gasteiger partial charge >= 0.3 is 0 Å². The smallest absolute Gasteiger partial charge is 0.270 e. The van der Waals surface area contributed by atoms with Crippen LogP contribution in [-0.4, -0.2) is 4.92 Å². The number of nitrogens with two attached hydrogens (primary N) is 1. The highest BCUT2D eigenvalue weighted by atomic mass is 19.1. The number of hydrogen-bond donors (Lipinski definition) is 1. The number of nitrogens with zero attached hydrogens (tertiary/aromatic N) is 1. The molecule has 5 heteroatoms. The molecule has 2 aromatic carbocycles. The van der Waals surface area contributed by atoms with E-state index in [1.54, 1.807) is 19.1 Å². The third-order valence-electron chi connectivity index (χ3n) is 3.07. The maximum atomic E-state index is 13.1. The minimum Gasteiger partial charge on any atom is -0.324 e. The largest absolute Gasteiger partial charge is 0.324 e. The van der Waals surface area contributed by atoms with Crippen LogP contribution in [0.1, 0.15) is 22.7 Å². The SMILES string of the molecule is Cc1cc(C(N)Cc2cccc(F)c2)cc([N+](=O)[O-])c1. The number of nitro benzene ring substituents is 1. The van der Waals surface area contributed by atoms with Gasteiger partial charge in [0.2, 0.25) is 0 Å². The molecule has 1 unspecified atom stereocenters. The molecule has 0 amide bonds. The Kier molecular flexibility index (Phi) is 4.10. The summed E-state index contributed by atoms with van der Waals surface area (Å²) in [5.41, 5.74) is 8.32. The molecule has 2 rings (SSSR count). The summed E-state index contributed by atoms with van der Waals surface area (Å²) < 4.78 is 13.1. The van der Waals surface area contributed by atoms with Gasteiger partial charge in [0.1, 0.15) is 5.82 Å². The molecule has 0 spiro atoms. The highest BCUT2D eigenvalue weighted by Gasteiger charge is 2.13. The average Bonchev–Trinajstić information content (AvgIpc) is 2.37. The Bertz CT molecular complexity index is 644. The van der Waals surface area contributed by atoms with Crippen molar-refractivity contribution in [1.82, 2.24) is 0 Å². The molecule has 0 aliphatic carbocycles. The summed E-state index contributed by atoms with van der Waals surface area (Å²) in [6.07, 6.45) is 0.429. The highest BCUT2D eigenvalue weighted by molar-refractivity contribution is 5.40. The van der Waals surface area contributed by atoms with Gasteiger partial charge in [-0.15, -0.1) is 0 Å². The molecule has 0 heterocycles. The molecule has 0 aromatic heterocycles. The molecule has 2 aromatic rings. The normalized spacial score (nSPS) is 12.2. The lowest BCUT2D eigenvalue weighted by Gasteiger charge is -2.13. The summed E-state index contributed by atoms with van der Waals surface area (Å²) >= 11 is 0. The third kappa shape index (κ3) is 3.39. The Balaban J connectivity index is 2.25. The van der Waals surface area contributed by atoms with Crippen LogP contribution in [0.4, 0.5) is 10.1 Å². The summed E-state index contributed by atoms with van der Waals surface area (Å²) in [5, 5.41) is 10.8. The van der Waals surface area contributed by atoms with Crippen molar-refractivity contribution in [3.05, 3.63) is 75.1 Å². The molecule has 4 nitrogen and oxygen atoms in total. The maximum Gasteiger partial charge on any atom is 0.270 e. The van der Waals surface area contributed by atoms with Crippen molar-refractivity contribution in [3.8, 4) is 0 Å². The van der Waals surface area contributed by atoms with Gasteiger partial charge in [-0.25, -0.2) is 4.39 Å². The van der Waals surface area contributed by atoms with Gasteiger partial charge < -0.3 is 5.73 Å². The standard InChI is InChI=1S/C15H15FN2O2/c1-10-5-12(9-14(6-10)18(19)20)15(17)8-11-3-2-4-13(16)7-11/h2-7,9,15H,8,17H2,1H3. The number of benzene rings is 2. The first-order valence-electron chi connectivity index (χ1n) is 6.21. The van der Waals surface area contributed by atoms with Crippen LogP contribution >= 0.6 is 0 Å². The van der Waals surface area contributed by atoms with Crippen molar-refractivity contribution in [3.63, 3.8) is 0 Å². The van der Waals surface area contributed by atoms with Gasteiger partial charge in [-0.2, -0.15) is 0 Å². The van der Waals surface area contributed by atoms with Gasteiger partial charge in [0.25, 0.3) is 5.69 Å². The van der Waals surface area contributed by atoms with Gasteiger partial charge in [-0.1, -0.05) is 18.2 Å². The van der Waals surface area contributed by atoms with E-state index in [1.807, 2.05) is 6.07 Å². The zero-order valence-corrected chi connectivity index (χ0v) is 11.0. The first kappa shape index (κ1) is 14.1.